The van der Waals surface area contributed by atoms with Crippen LogP contribution in [0.3, 0.4) is 0 Å². The quantitative estimate of drug-likeness (QED) is 0.802. The van der Waals surface area contributed by atoms with Crippen molar-refractivity contribution in [3.8, 4) is 0 Å². The zero-order valence-electron chi connectivity index (χ0n) is 8.48. The monoisotopic (exact) mass is 228 g/mol. The predicted molar refractivity (Wildman–Crippen MR) is 56.0 cm³/mol. The van der Waals surface area contributed by atoms with Gasteiger partial charge in [0.1, 0.15) is 4.88 Å². The summed E-state index contributed by atoms with van der Waals surface area (Å²) >= 11 is 1.25. The van der Waals surface area contributed by atoms with Crippen molar-refractivity contribution < 1.29 is 14.7 Å². The minimum Gasteiger partial charge on any atom is -0.481 e. The molecule has 0 saturated heterocycles. The normalized spacial score (nSPS) is 12.1. The van der Waals surface area contributed by atoms with E-state index in [0.717, 1.165) is 0 Å². The highest BCUT2D eigenvalue weighted by molar-refractivity contribution is 7.11. The van der Waals surface area contributed by atoms with Gasteiger partial charge in [0.25, 0.3) is 5.91 Å². The number of aromatic nitrogens is 1. The molecule has 0 aliphatic rings. The molecular formula is C9H12N2O3S. The molecule has 0 aliphatic carbocycles. The molecule has 15 heavy (non-hydrogen) atoms. The summed E-state index contributed by atoms with van der Waals surface area (Å²) in [5.74, 6) is -1.76. The Hall–Kier alpha value is -1.43. The molecule has 1 rings (SSSR count). The second-order valence-electron chi connectivity index (χ2n) is 3.22. The van der Waals surface area contributed by atoms with Crippen molar-refractivity contribution in [2.24, 2.45) is 5.92 Å². The number of carboxylic acids is 1. The summed E-state index contributed by atoms with van der Waals surface area (Å²) < 4.78 is 0. The van der Waals surface area contributed by atoms with E-state index < -0.39 is 11.9 Å². The third-order valence-electron chi connectivity index (χ3n) is 1.94. The van der Waals surface area contributed by atoms with Crippen molar-refractivity contribution >= 4 is 23.2 Å². The highest BCUT2D eigenvalue weighted by Crippen LogP contribution is 2.11. The molecule has 0 radical (unpaired) electrons. The number of nitrogens with one attached hydrogen (secondary N) is 1. The van der Waals surface area contributed by atoms with Gasteiger partial charge in [-0.2, -0.15) is 0 Å². The zero-order chi connectivity index (χ0) is 11.4. The first kappa shape index (κ1) is 11.6. The highest BCUT2D eigenvalue weighted by Gasteiger charge is 2.15. The molecule has 0 bridgehead atoms. The molecule has 6 heteroatoms. The number of rotatable bonds is 4. The highest BCUT2D eigenvalue weighted by atomic mass is 32.1. The van der Waals surface area contributed by atoms with Crippen LogP contribution < -0.4 is 5.32 Å². The van der Waals surface area contributed by atoms with Gasteiger partial charge < -0.3 is 10.4 Å². The van der Waals surface area contributed by atoms with Gasteiger partial charge in [-0.25, -0.2) is 4.98 Å². The minimum absolute atomic E-state index is 0.130. The lowest BCUT2D eigenvalue weighted by Crippen LogP contribution is -2.31. The lowest BCUT2D eigenvalue weighted by Gasteiger charge is -2.07. The maximum atomic E-state index is 11.5. The minimum atomic E-state index is -0.920. The molecule has 0 aromatic carbocycles. The van der Waals surface area contributed by atoms with Gasteiger partial charge in [0.05, 0.1) is 17.1 Å². The molecule has 1 aromatic rings. The predicted octanol–water partition coefficient (Wildman–Crippen LogP) is 0.902. The molecule has 5 nitrogen and oxygen atoms in total. The van der Waals surface area contributed by atoms with Gasteiger partial charge in [0.2, 0.25) is 0 Å². The number of carbonyl (C=O) groups is 2. The van der Waals surface area contributed by atoms with Crippen LogP contribution in [-0.4, -0.2) is 28.5 Å². The van der Waals surface area contributed by atoms with Crippen molar-refractivity contribution in [2.45, 2.75) is 13.8 Å². The summed E-state index contributed by atoms with van der Waals surface area (Å²) in [5.41, 5.74) is 2.26. The van der Waals surface area contributed by atoms with Crippen LogP contribution in [0.25, 0.3) is 0 Å². The lowest BCUT2D eigenvalue weighted by atomic mass is 10.2. The van der Waals surface area contributed by atoms with E-state index in [1.165, 1.54) is 11.3 Å². The molecule has 1 aromatic heterocycles. The Morgan fingerprint density at radius 2 is 2.33 bits per heavy atom. The maximum Gasteiger partial charge on any atom is 0.308 e. The molecule has 0 fully saturated rings. The second kappa shape index (κ2) is 4.88. The molecule has 1 atom stereocenters. The van der Waals surface area contributed by atoms with Crippen LogP contribution >= 0.6 is 11.3 Å². The number of hydrogen-bond donors (Lipinski definition) is 2. The number of carboxylic acid groups (broad SMARTS) is 1. The number of amides is 1. The average molecular weight is 228 g/mol. The summed E-state index contributed by atoms with van der Waals surface area (Å²) in [6.07, 6.45) is 0. The summed E-state index contributed by atoms with van der Waals surface area (Å²) in [5, 5.41) is 11.2. The SMILES string of the molecule is Cc1ncsc1C(=O)NCC(C)C(=O)O. The number of aryl methyl sites for hydroxylation is 1. The van der Waals surface area contributed by atoms with Crippen LogP contribution in [0.1, 0.15) is 22.3 Å². The molecule has 0 aliphatic heterocycles. The van der Waals surface area contributed by atoms with Crippen molar-refractivity contribution in [1.82, 2.24) is 10.3 Å². The Bertz CT molecular complexity index is 375. The largest absolute Gasteiger partial charge is 0.481 e. The topological polar surface area (TPSA) is 79.3 Å². The first-order chi connectivity index (χ1) is 7.02. The zero-order valence-corrected chi connectivity index (χ0v) is 9.30. The van der Waals surface area contributed by atoms with Crippen LogP contribution in [0.2, 0.25) is 0 Å². The Kier molecular flexibility index (Phi) is 3.79. The van der Waals surface area contributed by atoms with Gasteiger partial charge in [0.15, 0.2) is 0 Å². The summed E-state index contributed by atoms with van der Waals surface area (Å²) in [7, 11) is 0. The van der Waals surface area contributed by atoms with Crippen LogP contribution in [0, 0.1) is 12.8 Å². The van der Waals surface area contributed by atoms with E-state index in [-0.39, 0.29) is 12.5 Å². The lowest BCUT2D eigenvalue weighted by molar-refractivity contribution is -0.140. The first-order valence-corrected chi connectivity index (χ1v) is 5.31. The van der Waals surface area contributed by atoms with E-state index in [4.69, 9.17) is 5.11 Å². The Labute approximate surface area is 91.1 Å². The first-order valence-electron chi connectivity index (χ1n) is 4.43. The Morgan fingerprint density at radius 3 is 2.80 bits per heavy atom. The van der Waals surface area contributed by atoms with Gasteiger partial charge in [-0.05, 0) is 6.92 Å². The smallest absolute Gasteiger partial charge is 0.308 e. The molecule has 0 spiro atoms. The fraction of sp³-hybridized carbons (Fsp3) is 0.444. The van der Waals surface area contributed by atoms with E-state index in [1.807, 2.05) is 0 Å². The maximum absolute atomic E-state index is 11.5. The fourth-order valence-corrected chi connectivity index (χ4v) is 1.65. The number of nitrogens with zero attached hydrogens (tertiary/aromatic N) is 1. The van der Waals surface area contributed by atoms with Crippen LogP contribution in [0.5, 0.6) is 0 Å². The van der Waals surface area contributed by atoms with Gasteiger partial charge in [0, 0.05) is 6.54 Å². The van der Waals surface area contributed by atoms with Gasteiger partial charge in [-0.1, -0.05) is 6.92 Å². The van der Waals surface area contributed by atoms with Crippen molar-refractivity contribution in [3.05, 3.63) is 16.1 Å². The number of carbonyl (C=O) groups excluding carboxylic acids is 1. The molecule has 1 unspecified atom stereocenters. The average Bonchev–Trinajstić information content (AvgIpc) is 2.60. The van der Waals surface area contributed by atoms with E-state index in [0.29, 0.717) is 10.6 Å². The summed E-state index contributed by atoms with van der Waals surface area (Å²) in [6.45, 7) is 3.42. The van der Waals surface area contributed by atoms with Crippen LogP contribution in [0.4, 0.5) is 0 Å². The van der Waals surface area contributed by atoms with E-state index >= 15 is 0 Å². The van der Waals surface area contributed by atoms with E-state index in [1.54, 1.807) is 19.4 Å². The molecule has 1 heterocycles. The van der Waals surface area contributed by atoms with E-state index in [2.05, 4.69) is 10.3 Å². The van der Waals surface area contributed by atoms with Crippen molar-refractivity contribution in [3.63, 3.8) is 0 Å². The standard InChI is InChI=1S/C9H12N2O3S/c1-5(9(13)14)3-10-8(12)7-6(2)11-4-15-7/h4-5H,3H2,1-2H3,(H,10,12)(H,13,14). The number of thiazole rings is 1. The molecule has 1 amide bonds. The fourth-order valence-electron chi connectivity index (χ4n) is 0.933. The summed E-state index contributed by atoms with van der Waals surface area (Å²) in [6, 6.07) is 0. The van der Waals surface area contributed by atoms with Crippen molar-refractivity contribution in [2.75, 3.05) is 6.54 Å². The second-order valence-corrected chi connectivity index (χ2v) is 4.07. The Morgan fingerprint density at radius 1 is 1.67 bits per heavy atom. The number of aliphatic carboxylic acids is 1. The third kappa shape index (κ3) is 3.02. The van der Waals surface area contributed by atoms with Gasteiger partial charge in [-0.3, -0.25) is 9.59 Å². The van der Waals surface area contributed by atoms with Crippen LogP contribution in [-0.2, 0) is 4.79 Å². The van der Waals surface area contributed by atoms with Gasteiger partial charge in [-0.15, -0.1) is 11.3 Å². The number of hydrogen-bond acceptors (Lipinski definition) is 4. The molecule has 82 valence electrons. The summed E-state index contributed by atoms with van der Waals surface area (Å²) in [4.78, 5) is 26.5. The molecule has 0 saturated carbocycles. The van der Waals surface area contributed by atoms with Crippen molar-refractivity contribution in [1.29, 1.82) is 0 Å². The van der Waals surface area contributed by atoms with Crippen LogP contribution in [0.15, 0.2) is 5.51 Å². The molecular weight excluding hydrogens is 216 g/mol. The van der Waals surface area contributed by atoms with Gasteiger partial charge >= 0.3 is 5.97 Å². The molecule has 2 N–H and O–H groups in total. The van der Waals surface area contributed by atoms with E-state index in [9.17, 15) is 9.59 Å². The third-order valence-corrected chi connectivity index (χ3v) is 2.87. The Balaban J connectivity index is 2.51.